The molecule has 4 aromatic rings. The fraction of sp³-hybridized carbons (Fsp3) is 0.200. The maximum absolute atomic E-state index is 14.2. The first-order valence-corrected chi connectivity index (χ1v) is 11.1. The molecular weight excluding hydrogens is 479 g/mol. The van der Waals surface area contributed by atoms with Gasteiger partial charge < -0.3 is 21.5 Å². The van der Waals surface area contributed by atoms with E-state index in [0.717, 1.165) is 0 Å². The van der Waals surface area contributed by atoms with Crippen LogP contribution in [0.2, 0.25) is 0 Å². The molecule has 37 heavy (non-hydrogen) atoms. The lowest BCUT2D eigenvalue weighted by Gasteiger charge is -2.22. The summed E-state index contributed by atoms with van der Waals surface area (Å²) in [6.45, 7) is 2.19. The van der Waals surface area contributed by atoms with E-state index >= 15 is 0 Å². The van der Waals surface area contributed by atoms with E-state index in [1.165, 1.54) is 44.7 Å². The molecule has 5 N–H and O–H groups in total. The Hall–Kier alpha value is -4.89. The molecule has 0 fully saturated rings. The number of fused-ring (bicyclic) bond motifs is 1. The second-order valence-corrected chi connectivity index (χ2v) is 8.81. The second-order valence-electron chi connectivity index (χ2n) is 8.81. The quantitative estimate of drug-likeness (QED) is 0.284. The first-order chi connectivity index (χ1) is 17.6. The molecule has 0 spiro atoms. The summed E-state index contributed by atoms with van der Waals surface area (Å²) in [4.78, 5) is 32.9. The van der Waals surface area contributed by atoms with Gasteiger partial charge in [-0.2, -0.15) is 10.4 Å². The first-order valence-electron chi connectivity index (χ1n) is 11.1. The summed E-state index contributed by atoms with van der Waals surface area (Å²) in [5, 5.41) is 28.8. The van der Waals surface area contributed by atoms with Crippen LogP contribution < -0.4 is 16.4 Å². The van der Waals surface area contributed by atoms with Gasteiger partial charge in [0.2, 0.25) is 5.91 Å². The van der Waals surface area contributed by atoms with Gasteiger partial charge >= 0.3 is 0 Å². The van der Waals surface area contributed by atoms with E-state index in [4.69, 9.17) is 11.0 Å². The predicted molar refractivity (Wildman–Crippen MR) is 133 cm³/mol. The van der Waals surface area contributed by atoms with Gasteiger partial charge in [0.1, 0.15) is 12.2 Å². The molecule has 0 aliphatic heterocycles. The van der Waals surface area contributed by atoms with Gasteiger partial charge in [0.25, 0.3) is 5.91 Å². The van der Waals surface area contributed by atoms with Crippen molar-refractivity contribution in [2.75, 3.05) is 11.9 Å². The van der Waals surface area contributed by atoms with Crippen LogP contribution in [0.4, 0.5) is 15.8 Å². The van der Waals surface area contributed by atoms with E-state index in [9.17, 15) is 19.1 Å². The number of aliphatic hydroxyl groups is 1. The van der Waals surface area contributed by atoms with Crippen LogP contribution in [0, 0.1) is 11.3 Å². The van der Waals surface area contributed by atoms with E-state index in [2.05, 4.69) is 25.7 Å². The van der Waals surface area contributed by atoms with Gasteiger partial charge in [-0.05, 0) is 44.2 Å². The molecule has 1 unspecified atom stereocenters. The number of carbonyl (C=O) groups is 2. The van der Waals surface area contributed by atoms with Crippen LogP contribution in [0.15, 0.2) is 55.1 Å². The Labute approximate surface area is 210 Å². The standard InChI is InChI=1S/C25H23FN8O3/c1-25(2,37)22(26)13-31-24(36)18-12-30-20(21-4-3-17-5-14(8-27)9-32-34(17)21)7-19(18)33-16-6-15(23(28)35)10-29-11-16/h3-7,9-12,22,37H,13H2,1-2H3,(H2,28,35)(H,30,33)(H,31,36). The number of carbonyl (C=O) groups excluding carboxylic acids is 2. The average molecular weight is 503 g/mol. The first kappa shape index (κ1) is 25.2. The Bertz CT molecular complexity index is 1540. The molecule has 0 bridgehead atoms. The summed E-state index contributed by atoms with van der Waals surface area (Å²) in [6, 6.07) is 10.3. The van der Waals surface area contributed by atoms with Gasteiger partial charge in [0, 0.05) is 12.4 Å². The third-order valence-electron chi connectivity index (χ3n) is 5.55. The van der Waals surface area contributed by atoms with Crippen molar-refractivity contribution >= 4 is 28.7 Å². The highest BCUT2D eigenvalue weighted by Gasteiger charge is 2.27. The molecule has 4 heterocycles. The number of nitrogens with two attached hydrogens (primary N) is 1. The van der Waals surface area contributed by atoms with E-state index in [-0.39, 0.29) is 16.8 Å². The largest absolute Gasteiger partial charge is 0.387 e. The van der Waals surface area contributed by atoms with E-state index < -0.39 is 30.1 Å². The van der Waals surface area contributed by atoms with Crippen LogP contribution in [-0.4, -0.2) is 54.8 Å². The molecule has 2 amide bonds. The smallest absolute Gasteiger partial charge is 0.255 e. The number of alkyl halides is 1. The highest BCUT2D eigenvalue weighted by molar-refractivity contribution is 6.01. The lowest BCUT2D eigenvalue weighted by Crippen LogP contribution is -2.42. The van der Waals surface area contributed by atoms with E-state index in [1.807, 2.05) is 6.07 Å². The number of hydrogen-bond donors (Lipinski definition) is 4. The number of rotatable bonds is 8. The second kappa shape index (κ2) is 10.00. The van der Waals surface area contributed by atoms with E-state index in [0.29, 0.717) is 28.2 Å². The number of halogens is 1. The van der Waals surface area contributed by atoms with Gasteiger partial charge in [-0.15, -0.1) is 0 Å². The zero-order valence-corrected chi connectivity index (χ0v) is 19.9. The number of nitriles is 1. The van der Waals surface area contributed by atoms with Crippen molar-refractivity contribution < 1.29 is 19.1 Å². The van der Waals surface area contributed by atoms with Crippen LogP contribution in [0.3, 0.4) is 0 Å². The Kier molecular flexibility index (Phi) is 6.81. The average Bonchev–Trinajstić information content (AvgIpc) is 3.29. The molecule has 0 saturated heterocycles. The minimum absolute atomic E-state index is 0.0803. The number of anilines is 2. The van der Waals surface area contributed by atoms with Crippen molar-refractivity contribution in [3.05, 3.63) is 71.8 Å². The molecule has 1 atom stereocenters. The molecule has 0 aliphatic rings. The number of nitrogens with one attached hydrogen (secondary N) is 2. The normalized spacial score (nSPS) is 12.1. The van der Waals surface area contributed by atoms with Gasteiger partial charge in [0.15, 0.2) is 0 Å². The minimum Gasteiger partial charge on any atom is -0.387 e. The maximum Gasteiger partial charge on any atom is 0.255 e. The zero-order valence-electron chi connectivity index (χ0n) is 19.9. The predicted octanol–water partition coefficient (Wildman–Crippen LogP) is 2.34. The van der Waals surface area contributed by atoms with Gasteiger partial charge in [-0.1, -0.05) is 0 Å². The van der Waals surface area contributed by atoms with Crippen LogP contribution >= 0.6 is 0 Å². The summed E-state index contributed by atoms with van der Waals surface area (Å²) >= 11 is 0. The van der Waals surface area contributed by atoms with Gasteiger partial charge in [-0.3, -0.25) is 19.6 Å². The van der Waals surface area contributed by atoms with Crippen LogP contribution in [0.25, 0.3) is 16.9 Å². The lowest BCUT2D eigenvalue weighted by molar-refractivity contribution is -0.00177. The third-order valence-corrected chi connectivity index (χ3v) is 5.55. The van der Waals surface area contributed by atoms with Crippen LogP contribution in [-0.2, 0) is 0 Å². The van der Waals surface area contributed by atoms with Crippen LogP contribution in [0.1, 0.15) is 40.1 Å². The summed E-state index contributed by atoms with van der Waals surface area (Å²) in [7, 11) is 0. The number of hydrogen-bond acceptors (Lipinski definition) is 8. The number of aromatic nitrogens is 4. The molecule has 12 heteroatoms. The number of pyridine rings is 2. The molecule has 0 aromatic carbocycles. The lowest BCUT2D eigenvalue weighted by atomic mass is 10.0. The van der Waals surface area contributed by atoms with Crippen molar-refractivity contribution in [1.82, 2.24) is 24.9 Å². The molecule has 0 radical (unpaired) electrons. The molecular formula is C25H23FN8O3. The van der Waals surface area contributed by atoms with Gasteiger partial charge in [0.05, 0.1) is 69.5 Å². The summed E-state index contributed by atoms with van der Waals surface area (Å²) in [5.74, 6) is -1.31. The summed E-state index contributed by atoms with van der Waals surface area (Å²) in [5.41, 5.74) is 6.72. The Balaban J connectivity index is 1.73. The summed E-state index contributed by atoms with van der Waals surface area (Å²) in [6.07, 6.45) is 3.80. The van der Waals surface area contributed by atoms with Gasteiger partial charge in [-0.25, -0.2) is 8.91 Å². The number of nitrogens with zero attached hydrogens (tertiary/aromatic N) is 5. The number of amides is 2. The van der Waals surface area contributed by atoms with E-state index in [1.54, 1.807) is 28.8 Å². The molecule has 188 valence electrons. The van der Waals surface area contributed by atoms with Crippen molar-refractivity contribution in [3.63, 3.8) is 0 Å². The number of primary amides is 1. The summed E-state index contributed by atoms with van der Waals surface area (Å²) < 4.78 is 15.8. The van der Waals surface area contributed by atoms with Crippen molar-refractivity contribution in [3.8, 4) is 17.5 Å². The highest BCUT2D eigenvalue weighted by atomic mass is 19.1. The van der Waals surface area contributed by atoms with Crippen molar-refractivity contribution in [2.24, 2.45) is 5.73 Å². The van der Waals surface area contributed by atoms with Crippen molar-refractivity contribution in [2.45, 2.75) is 25.6 Å². The maximum atomic E-state index is 14.2. The highest BCUT2D eigenvalue weighted by Crippen LogP contribution is 2.28. The third kappa shape index (κ3) is 5.52. The molecule has 0 saturated carbocycles. The fourth-order valence-electron chi connectivity index (χ4n) is 3.46. The Morgan fingerprint density at radius 3 is 2.70 bits per heavy atom. The topological polar surface area (TPSA) is 171 Å². The molecule has 4 aromatic heterocycles. The Morgan fingerprint density at radius 1 is 1.22 bits per heavy atom. The molecule has 0 aliphatic carbocycles. The SMILES string of the molecule is CC(C)(O)C(F)CNC(=O)c1cnc(-c2ccc3cc(C#N)cnn23)cc1Nc1cncc(C(N)=O)c1. The molecule has 4 rings (SSSR count). The van der Waals surface area contributed by atoms with Crippen molar-refractivity contribution in [1.29, 1.82) is 5.26 Å². The zero-order chi connectivity index (χ0) is 26.7. The fourth-order valence-corrected chi connectivity index (χ4v) is 3.46. The minimum atomic E-state index is -1.70. The molecule has 11 nitrogen and oxygen atoms in total. The Morgan fingerprint density at radius 2 is 2.00 bits per heavy atom. The van der Waals surface area contributed by atoms with Crippen LogP contribution in [0.5, 0.6) is 0 Å². The monoisotopic (exact) mass is 502 g/mol.